The standard InChI is InChI=1S/C31H31ClN6O4/c1-40-28-16-24-27(17-29(28)41-14-4-13-38-11-2-3-12-38)35-20-36-30(24)42-23-9-10-26(25(32)15-23)37-31(39)34-19-22-7-5-21(18-33)6-8-22/h5-10,15-17,20H,2-4,11-14,19H2,1H3,(H2,34,37,39). The van der Waals surface area contributed by atoms with E-state index < -0.39 is 6.03 Å². The maximum absolute atomic E-state index is 12.4. The number of hydrogen-bond acceptors (Lipinski definition) is 8. The van der Waals surface area contributed by atoms with Crippen LogP contribution in [0.2, 0.25) is 5.02 Å². The number of methoxy groups -OCH3 is 1. The predicted molar refractivity (Wildman–Crippen MR) is 160 cm³/mol. The van der Waals surface area contributed by atoms with Gasteiger partial charge in [0.25, 0.3) is 0 Å². The summed E-state index contributed by atoms with van der Waals surface area (Å²) in [5.41, 5.74) is 2.49. The number of ether oxygens (including phenoxy) is 3. The third kappa shape index (κ3) is 7.37. The molecular weight excluding hydrogens is 556 g/mol. The summed E-state index contributed by atoms with van der Waals surface area (Å²) in [6, 6.07) is 17.2. The molecule has 1 aliphatic rings. The van der Waals surface area contributed by atoms with E-state index in [0.717, 1.165) is 18.5 Å². The number of nitriles is 1. The predicted octanol–water partition coefficient (Wildman–Crippen LogP) is 6.14. The van der Waals surface area contributed by atoms with E-state index in [4.69, 9.17) is 31.1 Å². The number of urea groups is 1. The zero-order valence-corrected chi connectivity index (χ0v) is 24.0. The van der Waals surface area contributed by atoms with Crippen molar-refractivity contribution in [1.29, 1.82) is 5.26 Å². The average molecular weight is 587 g/mol. The van der Waals surface area contributed by atoms with E-state index in [1.807, 2.05) is 6.07 Å². The molecule has 216 valence electrons. The number of nitrogens with zero attached hydrogens (tertiary/aromatic N) is 4. The van der Waals surface area contributed by atoms with Gasteiger partial charge in [-0.15, -0.1) is 0 Å². The van der Waals surface area contributed by atoms with E-state index in [2.05, 4.69) is 31.6 Å². The summed E-state index contributed by atoms with van der Waals surface area (Å²) < 4.78 is 17.7. The maximum atomic E-state index is 12.4. The molecule has 0 aliphatic carbocycles. The van der Waals surface area contributed by atoms with Crippen LogP contribution in [0.25, 0.3) is 10.9 Å². The summed E-state index contributed by atoms with van der Waals surface area (Å²) in [7, 11) is 1.59. The van der Waals surface area contributed by atoms with Crippen LogP contribution in [0.15, 0.2) is 60.9 Å². The molecule has 4 aromatic rings. The molecule has 0 atom stereocenters. The van der Waals surface area contributed by atoms with E-state index >= 15 is 0 Å². The lowest BCUT2D eigenvalue weighted by molar-refractivity contribution is 0.251. The number of amides is 2. The minimum absolute atomic E-state index is 0.293. The van der Waals surface area contributed by atoms with E-state index in [1.54, 1.807) is 55.6 Å². The Labute approximate surface area is 249 Å². The summed E-state index contributed by atoms with van der Waals surface area (Å²) in [5.74, 6) is 1.94. The highest BCUT2D eigenvalue weighted by atomic mass is 35.5. The Kier molecular flexibility index (Phi) is 9.54. The number of halogens is 1. The number of carbonyl (C=O) groups excluding carboxylic acids is 1. The van der Waals surface area contributed by atoms with Crippen LogP contribution < -0.4 is 24.8 Å². The average Bonchev–Trinajstić information content (AvgIpc) is 3.53. The molecule has 1 saturated heterocycles. The number of likely N-dealkylation sites (tertiary alicyclic amines) is 1. The Bertz CT molecular complexity index is 1590. The van der Waals surface area contributed by atoms with Gasteiger partial charge in [0.1, 0.15) is 12.1 Å². The molecular formula is C31H31ClN6O4. The Morgan fingerprint density at radius 1 is 1.07 bits per heavy atom. The summed E-state index contributed by atoms with van der Waals surface area (Å²) in [4.78, 5) is 23.6. The first-order chi connectivity index (χ1) is 20.5. The van der Waals surface area contributed by atoms with Crippen molar-refractivity contribution in [3.05, 3.63) is 77.1 Å². The highest BCUT2D eigenvalue weighted by Crippen LogP contribution is 2.37. The molecule has 3 aromatic carbocycles. The molecule has 0 bridgehead atoms. The lowest BCUT2D eigenvalue weighted by Gasteiger charge is -2.16. The van der Waals surface area contributed by atoms with Gasteiger partial charge in [0.15, 0.2) is 11.5 Å². The Morgan fingerprint density at radius 3 is 2.62 bits per heavy atom. The minimum Gasteiger partial charge on any atom is -0.493 e. The number of hydrogen-bond donors (Lipinski definition) is 2. The topological polar surface area (TPSA) is 122 Å². The van der Waals surface area contributed by atoms with Crippen LogP contribution in [0.5, 0.6) is 23.1 Å². The molecule has 1 fully saturated rings. The third-order valence-corrected chi connectivity index (χ3v) is 7.21. The van der Waals surface area contributed by atoms with Crippen molar-refractivity contribution in [1.82, 2.24) is 20.2 Å². The lowest BCUT2D eigenvalue weighted by Crippen LogP contribution is -2.28. The molecule has 2 amide bonds. The molecule has 11 heteroatoms. The van der Waals surface area contributed by atoms with Gasteiger partial charge in [-0.2, -0.15) is 5.26 Å². The van der Waals surface area contributed by atoms with Gasteiger partial charge in [-0.25, -0.2) is 14.8 Å². The van der Waals surface area contributed by atoms with Gasteiger partial charge in [0.2, 0.25) is 5.88 Å². The Morgan fingerprint density at radius 2 is 1.88 bits per heavy atom. The first-order valence-electron chi connectivity index (χ1n) is 13.7. The molecule has 2 heterocycles. The van der Waals surface area contributed by atoms with Crippen LogP contribution in [0, 0.1) is 11.3 Å². The van der Waals surface area contributed by atoms with Gasteiger partial charge in [0.05, 0.1) is 47.0 Å². The van der Waals surface area contributed by atoms with Crippen LogP contribution in [0.3, 0.4) is 0 Å². The van der Waals surface area contributed by atoms with Crippen LogP contribution in [0.1, 0.15) is 30.4 Å². The largest absolute Gasteiger partial charge is 0.493 e. The number of nitrogens with one attached hydrogen (secondary N) is 2. The zero-order chi connectivity index (χ0) is 29.3. The van der Waals surface area contributed by atoms with Crippen LogP contribution in [0.4, 0.5) is 10.5 Å². The molecule has 42 heavy (non-hydrogen) atoms. The van der Waals surface area contributed by atoms with E-state index in [0.29, 0.717) is 63.5 Å². The summed E-state index contributed by atoms with van der Waals surface area (Å²) >= 11 is 6.45. The number of carbonyl (C=O) groups is 1. The molecule has 1 aromatic heterocycles. The number of fused-ring (bicyclic) bond motifs is 1. The lowest BCUT2D eigenvalue weighted by atomic mass is 10.1. The molecule has 5 rings (SSSR count). The van der Waals surface area contributed by atoms with Gasteiger partial charge in [-0.3, -0.25) is 0 Å². The second-order valence-electron chi connectivity index (χ2n) is 9.81. The fourth-order valence-electron chi connectivity index (χ4n) is 4.69. The first-order valence-corrected chi connectivity index (χ1v) is 14.1. The second kappa shape index (κ2) is 13.9. The zero-order valence-electron chi connectivity index (χ0n) is 23.2. The Hall–Kier alpha value is -4.59. The van der Waals surface area contributed by atoms with Crippen molar-refractivity contribution in [3.8, 4) is 29.2 Å². The monoisotopic (exact) mass is 586 g/mol. The molecule has 10 nitrogen and oxygen atoms in total. The smallest absolute Gasteiger partial charge is 0.319 e. The van der Waals surface area contributed by atoms with E-state index in [1.165, 1.54) is 32.3 Å². The van der Waals surface area contributed by atoms with Gasteiger partial charge >= 0.3 is 6.03 Å². The van der Waals surface area contributed by atoms with Crippen molar-refractivity contribution < 1.29 is 19.0 Å². The second-order valence-corrected chi connectivity index (χ2v) is 10.2. The van der Waals surface area contributed by atoms with Crippen LogP contribution in [-0.4, -0.2) is 54.2 Å². The van der Waals surface area contributed by atoms with Crippen molar-refractivity contribution in [2.24, 2.45) is 0 Å². The van der Waals surface area contributed by atoms with Gasteiger partial charge in [0, 0.05) is 25.2 Å². The Balaban J connectivity index is 1.21. The molecule has 0 unspecified atom stereocenters. The van der Waals surface area contributed by atoms with Crippen LogP contribution in [-0.2, 0) is 6.54 Å². The number of benzene rings is 3. The highest BCUT2D eigenvalue weighted by molar-refractivity contribution is 6.33. The molecule has 0 spiro atoms. The van der Waals surface area contributed by atoms with E-state index in [9.17, 15) is 4.79 Å². The van der Waals surface area contributed by atoms with E-state index in [-0.39, 0.29) is 0 Å². The summed E-state index contributed by atoms with van der Waals surface area (Å²) in [6.45, 7) is 4.24. The minimum atomic E-state index is -0.419. The SMILES string of the molecule is COc1cc2c(Oc3ccc(NC(=O)NCc4ccc(C#N)cc4)c(Cl)c3)ncnc2cc1OCCCN1CCCC1. The van der Waals surface area contributed by atoms with Gasteiger partial charge < -0.3 is 29.7 Å². The fourth-order valence-corrected chi connectivity index (χ4v) is 4.91. The highest BCUT2D eigenvalue weighted by Gasteiger charge is 2.15. The third-order valence-electron chi connectivity index (χ3n) is 6.90. The van der Waals surface area contributed by atoms with Crippen molar-refractivity contribution >= 4 is 34.2 Å². The van der Waals surface area contributed by atoms with Gasteiger partial charge in [-0.05, 0) is 68.2 Å². The molecule has 1 aliphatic heterocycles. The molecule has 2 N–H and O–H groups in total. The van der Waals surface area contributed by atoms with Crippen molar-refractivity contribution in [3.63, 3.8) is 0 Å². The quantitative estimate of drug-likeness (QED) is 0.201. The van der Waals surface area contributed by atoms with Crippen LogP contribution >= 0.6 is 11.6 Å². The van der Waals surface area contributed by atoms with Crippen molar-refractivity contribution in [2.45, 2.75) is 25.8 Å². The van der Waals surface area contributed by atoms with Gasteiger partial charge in [-0.1, -0.05) is 23.7 Å². The first kappa shape index (κ1) is 28.9. The van der Waals surface area contributed by atoms with Crippen molar-refractivity contribution in [2.75, 3.05) is 38.7 Å². The normalized spacial score (nSPS) is 13.0. The fraction of sp³-hybridized carbons (Fsp3) is 0.290. The molecule has 0 radical (unpaired) electrons. The summed E-state index contributed by atoms with van der Waals surface area (Å²) in [6.07, 6.45) is 4.91. The number of anilines is 1. The maximum Gasteiger partial charge on any atom is 0.319 e. The number of rotatable bonds is 11. The number of aromatic nitrogens is 2. The molecule has 0 saturated carbocycles. The summed E-state index contributed by atoms with van der Waals surface area (Å²) in [5, 5.41) is 15.4.